The summed E-state index contributed by atoms with van der Waals surface area (Å²) < 4.78 is 16.9. The van der Waals surface area contributed by atoms with Gasteiger partial charge >= 0.3 is 0 Å². The predicted molar refractivity (Wildman–Crippen MR) is 127 cm³/mol. The van der Waals surface area contributed by atoms with Crippen molar-refractivity contribution in [3.8, 4) is 23.0 Å². The molecule has 0 saturated heterocycles. The van der Waals surface area contributed by atoms with Gasteiger partial charge in [0.1, 0.15) is 36.2 Å². The topological polar surface area (TPSA) is 118 Å². The fraction of sp³-hybridized carbons (Fsp3) is 0.200. The molecule has 0 atom stereocenters. The fourth-order valence-electron chi connectivity index (χ4n) is 3.43. The minimum Gasteiger partial charge on any atom is -0.506 e. The normalized spacial score (nSPS) is 14.6. The summed E-state index contributed by atoms with van der Waals surface area (Å²) in [4.78, 5) is 26.2. The molecule has 4 N–H and O–H groups in total. The van der Waals surface area contributed by atoms with E-state index in [1.165, 1.54) is 19.2 Å². The smallest absolute Gasteiger partial charge is 0.259 e. The van der Waals surface area contributed by atoms with Crippen molar-refractivity contribution < 1.29 is 28.9 Å². The summed E-state index contributed by atoms with van der Waals surface area (Å²) in [6.45, 7) is 1.86. The van der Waals surface area contributed by atoms with E-state index in [2.05, 4.69) is 16.0 Å². The quantitative estimate of drug-likeness (QED) is 0.437. The molecule has 3 aromatic carbocycles. The summed E-state index contributed by atoms with van der Waals surface area (Å²) in [7, 11) is 1.41. The molecule has 2 bridgehead atoms. The maximum Gasteiger partial charge on any atom is 0.259 e. The minimum absolute atomic E-state index is 0.119. The number of nitrogens with one attached hydrogen (secondary N) is 3. The number of phenolic OH excluding ortho intramolecular Hbond substituents is 1. The van der Waals surface area contributed by atoms with Crippen LogP contribution < -0.4 is 30.2 Å². The molecule has 0 aliphatic carbocycles. The molecular formula is C25H25N3O6. The van der Waals surface area contributed by atoms with Gasteiger partial charge in [-0.15, -0.1) is 0 Å². The van der Waals surface area contributed by atoms with Crippen molar-refractivity contribution in [3.05, 3.63) is 71.8 Å². The van der Waals surface area contributed by atoms with E-state index in [4.69, 9.17) is 14.2 Å². The summed E-state index contributed by atoms with van der Waals surface area (Å²) in [6, 6.07) is 16.7. The largest absolute Gasteiger partial charge is 0.506 e. The van der Waals surface area contributed by atoms with Gasteiger partial charge in [0.15, 0.2) is 0 Å². The van der Waals surface area contributed by atoms with Crippen LogP contribution in [0.25, 0.3) is 0 Å². The van der Waals surface area contributed by atoms with Gasteiger partial charge in [-0.2, -0.15) is 0 Å². The average Bonchev–Trinajstić information content (AvgIpc) is 2.84. The number of amides is 2. The highest BCUT2D eigenvalue weighted by molar-refractivity contribution is 6.13. The van der Waals surface area contributed by atoms with Gasteiger partial charge in [0.25, 0.3) is 11.8 Å². The van der Waals surface area contributed by atoms with Gasteiger partial charge < -0.3 is 35.3 Å². The van der Waals surface area contributed by atoms with Gasteiger partial charge in [0, 0.05) is 13.1 Å². The Kier molecular flexibility index (Phi) is 7.14. The summed E-state index contributed by atoms with van der Waals surface area (Å²) in [6.07, 6.45) is 0. The first kappa shape index (κ1) is 22.9. The number of ether oxygens (including phenoxy) is 3. The Labute approximate surface area is 196 Å². The Hall–Kier alpha value is -4.24. The number of methoxy groups -OCH3 is 1. The number of benzene rings is 3. The second-order valence-corrected chi connectivity index (χ2v) is 7.42. The van der Waals surface area contributed by atoms with E-state index in [-0.39, 0.29) is 16.9 Å². The van der Waals surface area contributed by atoms with Crippen LogP contribution in [0.4, 0.5) is 11.4 Å². The molecule has 0 aromatic heterocycles. The maximum absolute atomic E-state index is 13.1. The number of fused-ring (bicyclic) bond motifs is 4. The van der Waals surface area contributed by atoms with Gasteiger partial charge in [-0.05, 0) is 36.4 Å². The molecule has 0 fully saturated rings. The van der Waals surface area contributed by atoms with Gasteiger partial charge in [-0.25, -0.2) is 0 Å². The molecule has 9 nitrogen and oxygen atoms in total. The van der Waals surface area contributed by atoms with Crippen LogP contribution in [-0.4, -0.2) is 50.3 Å². The second-order valence-electron chi connectivity index (χ2n) is 7.42. The monoisotopic (exact) mass is 463 g/mol. The van der Waals surface area contributed by atoms with Crippen molar-refractivity contribution >= 4 is 23.2 Å². The van der Waals surface area contributed by atoms with Crippen LogP contribution in [0, 0.1) is 0 Å². The molecule has 0 saturated carbocycles. The number of para-hydroxylation sites is 4. The number of hydrogen-bond donors (Lipinski definition) is 4. The number of phenols is 1. The van der Waals surface area contributed by atoms with Crippen molar-refractivity contribution in [3.63, 3.8) is 0 Å². The van der Waals surface area contributed by atoms with E-state index >= 15 is 0 Å². The Bertz CT molecular complexity index is 1110. The SMILES string of the molecule is COc1cc2c(O)c(c1)C(=O)Nc1ccccc1OCCNCCOc1ccccc1NC2=O. The third-order valence-corrected chi connectivity index (χ3v) is 5.15. The van der Waals surface area contributed by atoms with Crippen molar-refractivity contribution in [2.45, 2.75) is 0 Å². The van der Waals surface area contributed by atoms with E-state index in [1.807, 2.05) is 0 Å². The lowest BCUT2D eigenvalue weighted by Crippen LogP contribution is -2.26. The van der Waals surface area contributed by atoms with Crippen LogP contribution in [0.5, 0.6) is 23.0 Å². The highest BCUT2D eigenvalue weighted by Gasteiger charge is 2.23. The van der Waals surface area contributed by atoms with Gasteiger partial charge in [0.2, 0.25) is 0 Å². The van der Waals surface area contributed by atoms with E-state index in [1.54, 1.807) is 48.5 Å². The zero-order chi connectivity index (χ0) is 23.9. The van der Waals surface area contributed by atoms with Crippen molar-refractivity contribution in [2.75, 3.05) is 44.0 Å². The molecule has 3 aromatic rings. The van der Waals surface area contributed by atoms with Crippen LogP contribution in [0.3, 0.4) is 0 Å². The molecule has 0 spiro atoms. The van der Waals surface area contributed by atoms with Crippen molar-refractivity contribution in [1.29, 1.82) is 0 Å². The zero-order valence-electron chi connectivity index (χ0n) is 18.6. The van der Waals surface area contributed by atoms with E-state index < -0.39 is 17.6 Å². The van der Waals surface area contributed by atoms with E-state index in [9.17, 15) is 14.7 Å². The predicted octanol–water partition coefficient (Wildman–Crippen LogP) is 3.27. The molecule has 4 rings (SSSR count). The van der Waals surface area contributed by atoms with Crippen LogP contribution in [-0.2, 0) is 0 Å². The second kappa shape index (κ2) is 10.6. The number of rotatable bonds is 1. The number of hydrogen-bond acceptors (Lipinski definition) is 7. The van der Waals surface area contributed by atoms with Gasteiger partial charge in [-0.3, -0.25) is 9.59 Å². The molecule has 9 heteroatoms. The number of carbonyl (C=O) groups is 2. The summed E-state index contributed by atoms with van der Waals surface area (Å²) in [5, 5.41) is 19.6. The summed E-state index contributed by atoms with van der Waals surface area (Å²) >= 11 is 0. The van der Waals surface area contributed by atoms with Crippen LogP contribution in [0.2, 0.25) is 0 Å². The molecular weight excluding hydrogens is 438 g/mol. The van der Waals surface area contributed by atoms with Gasteiger partial charge in [0.05, 0.1) is 29.6 Å². The Morgan fingerprint density at radius 2 is 1.26 bits per heavy atom. The lowest BCUT2D eigenvalue weighted by atomic mass is 10.1. The summed E-state index contributed by atoms with van der Waals surface area (Å²) in [5.74, 6) is -0.525. The van der Waals surface area contributed by atoms with E-state index in [0.29, 0.717) is 49.2 Å². The number of aromatic hydroxyl groups is 1. The lowest BCUT2D eigenvalue weighted by molar-refractivity contribution is 0.102. The first-order valence-corrected chi connectivity index (χ1v) is 10.7. The summed E-state index contributed by atoms with van der Waals surface area (Å²) in [5.41, 5.74) is 0.622. The standard InChI is InChI=1S/C25H25N3O6/c1-32-16-14-17-23(29)18(15-16)25(31)28-20-7-3-5-9-22(20)34-13-11-26-10-12-33-21-8-4-2-6-19(21)27-24(17)30/h2-9,14-15,26,29H,10-13H2,1H3,(H,27,30)(H,28,31). The van der Waals surface area contributed by atoms with Crippen LogP contribution >= 0.6 is 0 Å². The highest BCUT2D eigenvalue weighted by Crippen LogP contribution is 2.32. The fourth-order valence-corrected chi connectivity index (χ4v) is 3.43. The number of carbonyl (C=O) groups excluding carboxylic acids is 2. The molecule has 176 valence electrons. The molecule has 1 aliphatic rings. The van der Waals surface area contributed by atoms with Crippen LogP contribution in [0.15, 0.2) is 60.7 Å². The van der Waals surface area contributed by atoms with Gasteiger partial charge in [-0.1, -0.05) is 24.3 Å². The first-order valence-electron chi connectivity index (χ1n) is 10.7. The Morgan fingerprint density at radius 3 is 1.74 bits per heavy atom. The van der Waals surface area contributed by atoms with E-state index in [0.717, 1.165) is 0 Å². The van der Waals surface area contributed by atoms with Crippen LogP contribution in [0.1, 0.15) is 20.7 Å². The van der Waals surface area contributed by atoms with Crippen molar-refractivity contribution in [1.82, 2.24) is 5.32 Å². The molecule has 0 radical (unpaired) electrons. The third-order valence-electron chi connectivity index (χ3n) is 5.15. The molecule has 34 heavy (non-hydrogen) atoms. The number of anilines is 2. The molecule has 2 amide bonds. The minimum atomic E-state index is -0.621. The molecule has 0 unspecified atom stereocenters. The third kappa shape index (κ3) is 5.21. The molecule has 1 heterocycles. The zero-order valence-corrected chi connectivity index (χ0v) is 18.6. The highest BCUT2D eigenvalue weighted by atomic mass is 16.5. The Morgan fingerprint density at radius 1 is 0.794 bits per heavy atom. The van der Waals surface area contributed by atoms with Crippen molar-refractivity contribution in [2.24, 2.45) is 0 Å². The lowest BCUT2D eigenvalue weighted by Gasteiger charge is -2.17. The molecule has 1 aliphatic heterocycles. The maximum atomic E-state index is 13.1. The Balaban J connectivity index is 1.74. The average molecular weight is 463 g/mol. The first-order chi connectivity index (χ1) is 16.6.